The van der Waals surface area contributed by atoms with Gasteiger partial charge in [-0.1, -0.05) is 30.3 Å². The maximum atomic E-state index is 12.7. The quantitative estimate of drug-likeness (QED) is 0.780. The molecule has 0 radical (unpaired) electrons. The average molecular weight is 404 g/mol. The largest absolute Gasteiger partial charge is 0.334 e. The molecule has 154 valence electrons. The molecule has 1 aliphatic heterocycles. The van der Waals surface area contributed by atoms with Gasteiger partial charge in [-0.05, 0) is 74.7 Å². The molecule has 5 aliphatic rings. The van der Waals surface area contributed by atoms with Crippen LogP contribution in [-0.4, -0.2) is 42.1 Å². The van der Waals surface area contributed by atoms with Crippen molar-refractivity contribution in [2.75, 3.05) is 19.6 Å². The van der Waals surface area contributed by atoms with Crippen LogP contribution in [-0.2, 0) is 6.42 Å². The molecule has 4 saturated carbocycles. The van der Waals surface area contributed by atoms with Gasteiger partial charge in [-0.25, -0.2) is 4.79 Å². The van der Waals surface area contributed by atoms with Crippen LogP contribution in [0.25, 0.3) is 0 Å². The fourth-order valence-corrected chi connectivity index (χ4v) is 6.81. The molecule has 6 rings (SSSR count). The minimum atomic E-state index is 0. The third kappa shape index (κ3) is 4.33. The predicted octanol–water partition coefficient (Wildman–Crippen LogP) is 3.99. The highest BCUT2D eigenvalue weighted by molar-refractivity contribution is 5.85. The van der Waals surface area contributed by atoms with E-state index in [9.17, 15) is 4.79 Å². The lowest BCUT2D eigenvalue weighted by Crippen LogP contribution is -2.62. The van der Waals surface area contributed by atoms with E-state index >= 15 is 0 Å². The Hall–Kier alpha value is -1.26. The number of urea groups is 1. The van der Waals surface area contributed by atoms with Crippen molar-refractivity contribution < 1.29 is 4.79 Å². The summed E-state index contributed by atoms with van der Waals surface area (Å²) in [6.45, 7) is 3.16. The van der Waals surface area contributed by atoms with E-state index in [0.29, 0.717) is 6.04 Å². The van der Waals surface area contributed by atoms with Gasteiger partial charge in [0.15, 0.2) is 0 Å². The summed E-state index contributed by atoms with van der Waals surface area (Å²) in [5, 5.41) is 6.75. The number of amides is 2. The molecule has 2 amide bonds. The predicted molar refractivity (Wildman–Crippen MR) is 115 cm³/mol. The van der Waals surface area contributed by atoms with Crippen molar-refractivity contribution in [2.45, 2.75) is 62.9 Å². The van der Waals surface area contributed by atoms with Crippen LogP contribution >= 0.6 is 12.4 Å². The Balaban J connectivity index is 0.00000192. The summed E-state index contributed by atoms with van der Waals surface area (Å²) in [6, 6.07) is 11.1. The monoisotopic (exact) mass is 403 g/mol. The van der Waals surface area contributed by atoms with Crippen molar-refractivity contribution in [3.63, 3.8) is 0 Å². The zero-order valence-corrected chi connectivity index (χ0v) is 17.6. The zero-order valence-electron chi connectivity index (χ0n) is 16.7. The number of benzene rings is 1. The number of carbonyl (C=O) groups is 1. The van der Waals surface area contributed by atoms with E-state index in [1.165, 1.54) is 44.1 Å². The van der Waals surface area contributed by atoms with E-state index in [1.807, 2.05) is 0 Å². The fourth-order valence-electron chi connectivity index (χ4n) is 6.81. The average Bonchev–Trinajstić information content (AvgIpc) is 3.06. The summed E-state index contributed by atoms with van der Waals surface area (Å²) in [7, 11) is 0. The molecule has 1 heterocycles. The first-order valence-corrected chi connectivity index (χ1v) is 11.0. The van der Waals surface area contributed by atoms with Gasteiger partial charge in [0.1, 0.15) is 0 Å². The maximum absolute atomic E-state index is 12.7. The Bertz CT molecular complexity index is 644. The van der Waals surface area contributed by atoms with Gasteiger partial charge in [0, 0.05) is 31.2 Å². The van der Waals surface area contributed by atoms with Gasteiger partial charge in [-0.2, -0.15) is 0 Å². The lowest BCUT2D eigenvalue weighted by molar-refractivity contribution is -0.0136. The van der Waals surface area contributed by atoms with Crippen molar-refractivity contribution in [1.29, 1.82) is 0 Å². The Kier molecular flexibility index (Phi) is 5.89. The van der Waals surface area contributed by atoms with Crippen molar-refractivity contribution in [1.82, 2.24) is 15.5 Å². The van der Waals surface area contributed by atoms with Gasteiger partial charge in [-0.15, -0.1) is 12.4 Å². The molecular weight excluding hydrogens is 370 g/mol. The summed E-state index contributed by atoms with van der Waals surface area (Å²) in [6.07, 6.45) is 10.1. The minimum Gasteiger partial charge on any atom is -0.334 e. The number of likely N-dealkylation sites (tertiary alicyclic amines) is 1. The van der Waals surface area contributed by atoms with Crippen LogP contribution in [0.2, 0.25) is 0 Å². The molecule has 1 atom stereocenters. The highest BCUT2D eigenvalue weighted by Crippen LogP contribution is 2.55. The van der Waals surface area contributed by atoms with E-state index < -0.39 is 0 Å². The molecule has 1 aromatic rings. The van der Waals surface area contributed by atoms with Gasteiger partial charge in [0.2, 0.25) is 0 Å². The molecule has 5 heteroatoms. The molecule has 4 aliphatic carbocycles. The number of halogens is 1. The van der Waals surface area contributed by atoms with Gasteiger partial charge in [0.25, 0.3) is 0 Å². The summed E-state index contributed by atoms with van der Waals surface area (Å²) in [4.78, 5) is 15.2. The Labute approximate surface area is 175 Å². The molecule has 0 unspecified atom stereocenters. The molecule has 5 fully saturated rings. The van der Waals surface area contributed by atoms with Crippen molar-refractivity contribution in [3.8, 4) is 0 Å². The second-order valence-corrected chi connectivity index (χ2v) is 9.82. The number of hydrogen-bond donors (Lipinski definition) is 2. The molecule has 0 spiro atoms. The second kappa shape index (κ2) is 8.23. The minimum absolute atomic E-state index is 0. The summed E-state index contributed by atoms with van der Waals surface area (Å²) < 4.78 is 0. The highest BCUT2D eigenvalue weighted by atomic mass is 35.5. The summed E-state index contributed by atoms with van der Waals surface area (Å²) in [5.74, 6) is 2.62. The molecular formula is C23H34ClN3O. The van der Waals surface area contributed by atoms with E-state index in [1.54, 1.807) is 0 Å². The van der Waals surface area contributed by atoms with Gasteiger partial charge < -0.3 is 15.5 Å². The lowest BCUT2D eigenvalue weighted by Gasteiger charge is -2.56. The third-order valence-electron chi connectivity index (χ3n) is 7.58. The number of rotatable bonds is 5. The van der Waals surface area contributed by atoms with Gasteiger partial charge in [0.05, 0.1) is 0 Å². The Morgan fingerprint density at radius 1 is 1.04 bits per heavy atom. The Morgan fingerprint density at radius 3 is 2.32 bits per heavy atom. The molecule has 0 aromatic heterocycles. The molecule has 28 heavy (non-hydrogen) atoms. The zero-order chi connectivity index (χ0) is 18.3. The normalized spacial score (nSPS) is 36.1. The highest BCUT2D eigenvalue weighted by Gasteiger charge is 2.51. The number of nitrogens with one attached hydrogen (secondary N) is 2. The van der Waals surface area contributed by atoms with Crippen LogP contribution in [0.5, 0.6) is 0 Å². The van der Waals surface area contributed by atoms with Crippen LogP contribution in [0.15, 0.2) is 30.3 Å². The Morgan fingerprint density at radius 2 is 1.68 bits per heavy atom. The van der Waals surface area contributed by atoms with Crippen LogP contribution < -0.4 is 10.6 Å². The van der Waals surface area contributed by atoms with Crippen LogP contribution in [0.4, 0.5) is 4.79 Å². The molecule has 1 saturated heterocycles. The molecule has 2 N–H and O–H groups in total. The second-order valence-electron chi connectivity index (χ2n) is 9.82. The maximum Gasteiger partial charge on any atom is 0.315 e. The van der Waals surface area contributed by atoms with Gasteiger partial charge >= 0.3 is 6.03 Å². The first-order chi connectivity index (χ1) is 13.2. The van der Waals surface area contributed by atoms with Crippen LogP contribution in [0.3, 0.4) is 0 Å². The first kappa shape index (κ1) is 20.0. The van der Waals surface area contributed by atoms with Gasteiger partial charge in [-0.3, -0.25) is 0 Å². The number of hydrogen-bond acceptors (Lipinski definition) is 2. The number of carbonyl (C=O) groups excluding carboxylic acids is 1. The standard InChI is InChI=1S/C23H33N3O.ClH/c27-22(25-23-13-18-10-19(14-23)12-20(11-18)15-23)24-21-7-9-26(16-21)8-6-17-4-2-1-3-5-17;/h1-5,18-21H,6-16H2,(H2,24,25,27);1H/t18?,19?,20?,21-,23?;/m0./s1. The molecule has 1 aromatic carbocycles. The molecule has 4 nitrogen and oxygen atoms in total. The smallest absolute Gasteiger partial charge is 0.315 e. The third-order valence-corrected chi connectivity index (χ3v) is 7.58. The van der Waals surface area contributed by atoms with E-state index in [0.717, 1.165) is 50.2 Å². The summed E-state index contributed by atoms with van der Waals surface area (Å²) >= 11 is 0. The van der Waals surface area contributed by atoms with Crippen molar-refractivity contribution in [3.05, 3.63) is 35.9 Å². The topological polar surface area (TPSA) is 44.4 Å². The summed E-state index contributed by atoms with van der Waals surface area (Å²) in [5.41, 5.74) is 1.51. The van der Waals surface area contributed by atoms with Crippen LogP contribution in [0.1, 0.15) is 50.5 Å². The van der Waals surface area contributed by atoms with E-state index in [4.69, 9.17) is 0 Å². The van der Waals surface area contributed by atoms with E-state index in [-0.39, 0.29) is 24.0 Å². The SMILES string of the molecule is Cl.O=C(N[C@H]1CCN(CCc2ccccc2)C1)NC12CC3CC(CC(C3)C1)C2. The number of nitrogens with zero attached hydrogens (tertiary/aromatic N) is 1. The molecule has 4 bridgehead atoms. The van der Waals surface area contributed by atoms with E-state index in [2.05, 4.69) is 45.9 Å². The fraction of sp³-hybridized carbons (Fsp3) is 0.696. The van der Waals surface area contributed by atoms with Crippen molar-refractivity contribution in [2.24, 2.45) is 17.8 Å². The van der Waals surface area contributed by atoms with Crippen molar-refractivity contribution >= 4 is 18.4 Å². The van der Waals surface area contributed by atoms with Crippen LogP contribution in [0, 0.1) is 17.8 Å². The first-order valence-electron chi connectivity index (χ1n) is 11.0. The lowest BCUT2D eigenvalue weighted by atomic mass is 9.53.